The SMILES string of the molecule is CCC(C)(C)OC(=O)CC(C)(OO)OOC(C)(CC(=O)OC(C)(C)CC)OO. The van der Waals surface area contributed by atoms with E-state index in [0.717, 1.165) is 0 Å². The molecule has 0 aliphatic carbocycles. The highest BCUT2D eigenvalue weighted by Gasteiger charge is 2.41. The maximum absolute atomic E-state index is 12.1. The highest BCUT2D eigenvalue weighted by molar-refractivity contribution is 5.71. The second kappa shape index (κ2) is 10.5. The molecular formula is C18H34O10. The van der Waals surface area contributed by atoms with Crippen LogP contribution in [0.5, 0.6) is 0 Å². The molecule has 10 heteroatoms. The fraction of sp³-hybridized carbons (Fsp3) is 0.889. The van der Waals surface area contributed by atoms with Crippen LogP contribution in [0.4, 0.5) is 0 Å². The van der Waals surface area contributed by atoms with Gasteiger partial charge in [0, 0.05) is 0 Å². The first-order valence-electron chi connectivity index (χ1n) is 9.11. The highest BCUT2D eigenvalue weighted by atomic mass is 17.3. The Bertz CT molecular complexity index is 472. The molecule has 0 bridgehead atoms. The van der Waals surface area contributed by atoms with Gasteiger partial charge in [-0.15, -0.1) is 0 Å². The molecule has 0 amide bonds. The lowest BCUT2D eigenvalue weighted by Gasteiger charge is -2.32. The third-order valence-electron chi connectivity index (χ3n) is 4.19. The van der Waals surface area contributed by atoms with Gasteiger partial charge in [-0.25, -0.2) is 20.3 Å². The van der Waals surface area contributed by atoms with Crippen LogP contribution < -0.4 is 0 Å². The van der Waals surface area contributed by atoms with Crippen LogP contribution in [0.1, 0.15) is 81.1 Å². The largest absolute Gasteiger partial charge is 0.460 e. The summed E-state index contributed by atoms with van der Waals surface area (Å²) in [5, 5.41) is 18.2. The van der Waals surface area contributed by atoms with Crippen molar-refractivity contribution in [2.75, 3.05) is 0 Å². The molecule has 0 aliphatic rings. The van der Waals surface area contributed by atoms with Crippen LogP contribution in [0.3, 0.4) is 0 Å². The lowest BCUT2D eigenvalue weighted by Crippen LogP contribution is -2.43. The summed E-state index contributed by atoms with van der Waals surface area (Å²) in [7, 11) is 0. The van der Waals surface area contributed by atoms with Gasteiger partial charge in [0.1, 0.15) is 24.0 Å². The molecule has 28 heavy (non-hydrogen) atoms. The van der Waals surface area contributed by atoms with Crippen LogP contribution in [0.2, 0.25) is 0 Å². The van der Waals surface area contributed by atoms with Crippen molar-refractivity contribution in [1.82, 2.24) is 0 Å². The molecule has 2 unspecified atom stereocenters. The predicted molar refractivity (Wildman–Crippen MR) is 96.6 cm³/mol. The Kier molecular flexibility index (Phi) is 9.98. The second-order valence-electron chi connectivity index (χ2n) is 8.15. The maximum Gasteiger partial charge on any atom is 0.312 e. The Morgan fingerprint density at radius 3 is 1.18 bits per heavy atom. The van der Waals surface area contributed by atoms with Gasteiger partial charge in [-0.1, -0.05) is 13.8 Å². The molecule has 166 valence electrons. The number of hydrogen-bond acceptors (Lipinski definition) is 10. The highest BCUT2D eigenvalue weighted by Crippen LogP contribution is 2.27. The number of ether oxygens (including phenoxy) is 2. The summed E-state index contributed by atoms with van der Waals surface area (Å²) in [5.74, 6) is -5.40. The number of carbonyl (C=O) groups is 2. The topological polar surface area (TPSA) is 130 Å². The third kappa shape index (κ3) is 9.76. The Morgan fingerprint density at radius 2 is 0.964 bits per heavy atom. The predicted octanol–water partition coefficient (Wildman–Crippen LogP) is 3.59. The fourth-order valence-corrected chi connectivity index (χ4v) is 1.69. The molecule has 0 radical (unpaired) electrons. The summed E-state index contributed by atoms with van der Waals surface area (Å²) in [5.41, 5.74) is -1.43. The maximum atomic E-state index is 12.1. The number of hydrogen-bond donors (Lipinski definition) is 2. The van der Waals surface area contributed by atoms with Crippen molar-refractivity contribution < 1.29 is 49.1 Å². The fourth-order valence-electron chi connectivity index (χ4n) is 1.69. The smallest absolute Gasteiger partial charge is 0.312 e. The second-order valence-corrected chi connectivity index (χ2v) is 8.15. The van der Waals surface area contributed by atoms with E-state index in [4.69, 9.17) is 29.8 Å². The van der Waals surface area contributed by atoms with Crippen molar-refractivity contribution >= 4 is 11.9 Å². The minimum Gasteiger partial charge on any atom is -0.460 e. The minimum absolute atomic E-state index is 0.540. The molecule has 2 atom stereocenters. The zero-order chi connectivity index (χ0) is 22.2. The standard InChI is InChI=1S/C18H34O10/c1-9-15(3,4)23-13(19)11-17(7,25-21)27-28-18(8,26-22)12-14(20)24-16(5,6)10-2/h21-22H,9-12H2,1-8H3. The van der Waals surface area contributed by atoms with Crippen molar-refractivity contribution in [2.24, 2.45) is 0 Å². The summed E-state index contributed by atoms with van der Waals surface area (Å²) < 4.78 is 10.5. The van der Waals surface area contributed by atoms with Gasteiger partial charge >= 0.3 is 11.9 Å². The van der Waals surface area contributed by atoms with Crippen LogP contribution in [0, 0.1) is 0 Å². The molecule has 0 aromatic heterocycles. The summed E-state index contributed by atoms with van der Waals surface area (Å²) in [6, 6.07) is 0. The Labute approximate surface area is 165 Å². The van der Waals surface area contributed by atoms with E-state index >= 15 is 0 Å². The van der Waals surface area contributed by atoms with Gasteiger partial charge in [0.25, 0.3) is 0 Å². The molecule has 0 saturated carbocycles. The van der Waals surface area contributed by atoms with Gasteiger partial charge in [0.05, 0.1) is 0 Å². The monoisotopic (exact) mass is 410 g/mol. The summed E-state index contributed by atoms with van der Waals surface area (Å²) >= 11 is 0. The molecule has 0 spiro atoms. The van der Waals surface area contributed by atoms with Crippen molar-refractivity contribution in [3.05, 3.63) is 0 Å². The zero-order valence-electron chi connectivity index (χ0n) is 18.0. The van der Waals surface area contributed by atoms with Crippen LogP contribution in [0.15, 0.2) is 0 Å². The minimum atomic E-state index is -1.98. The molecule has 0 fully saturated rings. The molecule has 10 nitrogen and oxygen atoms in total. The van der Waals surface area contributed by atoms with E-state index < -0.39 is 47.6 Å². The van der Waals surface area contributed by atoms with Crippen molar-refractivity contribution in [2.45, 2.75) is 104 Å². The Hall–Kier alpha value is -1.30. The lowest BCUT2D eigenvalue weighted by molar-refractivity contribution is -0.564. The summed E-state index contributed by atoms with van der Waals surface area (Å²) in [4.78, 5) is 42.4. The van der Waals surface area contributed by atoms with Crippen molar-refractivity contribution in [3.63, 3.8) is 0 Å². The molecule has 0 saturated heterocycles. The average Bonchev–Trinajstić information content (AvgIpc) is 2.59. The molecule has 0 heterocycles. The molecule has 2 N–H and O–H groups in total. The van der Waals surface area contributed by atoms with E-state index in [1.165, 1.54) is 13.8 Å². The van der Waals surface area contributed by atoms with E-state index in [-0.39, 0.29) is 0 Å². The number of carbonyl (C=O) groups excluding carboxylic acids is 2. The van der Waals surface area contributed by atoms with Gasteiger partial charge in [0.2, 0.25) is 11.6 Å². The normalized spacial score (nSPS) is 16.8. The van der Waals surface area contributed by atoms with E-state index in [1.54, 1.807) is 27.7 Å². The van der Waals surface area contributed by atoms with E-state index in [0.29, 0.717) is 12.8 Å². The van der Waals surface area contributed by atoms with Crippen LogP contribution in [-0.2, 0) is 38.6 Å². The van der Waals surface area contributed by atoms with Gasteiger partial charge in [-0.3, -0.25) is 9.59 Å². The van der Waals surface area contributed by atoms with E-state index in [9.17, 15) is 9.59 Å². The number of esters is 2. The lowest BCUT2D eigenvalue weighted by atomic mass is 10.1. The van der Waals surface area contributed by atoms with Gasteiger partial charge in [-0.2, -0.15) is 9.78 Å². The van der Waals surface area contributed by atoms with Crippen molar-refractivity contribution in [3.8, 4) is 0 Å². The van der Waals surface area contributed by atoms with Gasteiger partial charge in [0.15, 0.2) is 0 Å². The summed E-state index contributed by atoms with van der Waals surface area (Å²) in [6.45, 7) is 13.0. The first-order chi connectivity index (χ1) is 12.7. The molecule has 0 rings (SSSR count). The zero-order valence-corrected chi connectivity index (χ0v) is 18.0. The molecule has 0 aromatic rings. The first-order valence-corrected chi connectivity index (χ1v) is 9.11. The summed E-state index contributed by atoms with van der Waals surface area (Å²) in [6.07, 6.45) is 0.0579. The van der Waals surface area contributed by atoms with E-state index in [1.807, 2.05) is 13.8 Å². The first kappa shape index (κ1) is 26.7. The third-order valence-corrected chi connectivity index (χ3v) is 4.19. The Morgan fingerprint density at radius 1 is 0.679 bits per heavy atom. The molecule has 0 aliphatic heterocycles. The Balaban J connectivity index is 4.94. The van der Waals surface area contributed by atoms with Crippen LogP contribution in [-0.4, -0.2) is 45.2 Å². The quantitative estimate of drug-likeness (QED) is 0.201. The van der Waals surface area contributed by atoms with Gasteiger partial charge in [-0.05, 0) is 54.4 Å². The average molecular weight is 410 g/mol. The van der Waals surface area contributed by atoms with Crippen LogP contribution in [0.25, 0.3) is 0 Å². The number of rotatable bonds is 13. The molecule has 0 aromatic carbocycles. The molecular weight excluding hydrogens is 376 g/mol. The van der Waals surface area contributed by atoms with E-state index in [2.05, 4.69) is 9.78 Å². The van der Waals surface area contributed by atoms with Crippen molar-refractivity contribution in [1.29, 1.82) is 0 Å². The van der Waals surface area contributed by atoms with Crippen LogP contribution >= 0.6 is 0 Å². The van der Waals surface area contributed by atoms with Gasteiger partial charge < -0.3 is 9.47 Å².